The minimum atomic E-state index is -0.765. The van der Waals surface area contributed by atoms with Gasteiger partial charge in [0.05, 0.1) is 0 Å². The fourth-order valence-corrected chi connectivity index (χ4v) is 5.50. The van der Waals surface area contributed by atoms with Crippen LogP contribution in [0.15, 0.2) is 24.3 Å². The summed E-state index contributed by atoms with van der Waals surface area (Å²) in [6.07, 6.45) is 20.1. The Morgan fingerprint density at radius 3 is 2.04 bits per heavy atom. The van der Waals surface area contributed by atoms with E-state index in [1.165, 1.54) is 76.7 Å². The topological polar surface area (TPSA) is 0 Å². The van der Waals surface area contributed by atoms with E-state index in [1.54, 1.807) is 18.2 Å². The molecule has 0 unspecified atom stereocenters. The fourth-order valence-electron chi connectivity index (χ4n) is 5.50. The molecule has 27 heavy (non-hydrogen) atoms. The molecule has 0 bridgehead atoms. The minimum Gasteiger partial charge on any atom is -0.204 e. The zero-order valence-electron chi connectivity index (χ0n) is 16.9. The maximum atomic E-state index is 13.6. The third kappa shape index (κ3) is 5.90. The number of rotatable bonds is 7. The zero-order chi connectivity index (χ0) is 19.1. The summed E-state index contributed by atoms with van der Waals surface area (Å²) in [6, 6.07) is 4.37. The molecule has 0 heterocycles. The van der Waals surface area contributed by atoms with Crippen molar-refractivity contribution in [3.05, 3.63) is 41.5 Å². The SMILES string of the molecule is CCCC1CCC(C2CCC(CC/C=C/c3cccc(F)c3F)CC2)CC1. The molecular formula is C25H36F2. The van der Waals surface area contributed by atoms with Crippen LogP contribution in [-0.2, 0) is 0 Å². The molecule has 2 aliphatic carbocycles. The van der Waals surface area contributed by atoms with E-state index in [2.05, 4.69) is 6.92 Å². The van der Waals surface area contributed by atoms with Crippen molar-refractivity contribution in [3.8, 4) is 0 Å². The highest BCUT2D eigenvalue weighted by Crippen LogP contribution is 2.42. The van der Waals surface area contributed by atoms with E-state index < -0.39 is 11.6 Å². The van der Waals surface area contributed by atoms with Crippen LogP contribution in [-0.4, -0.2) is 0 Å². The molecule has 2 heteroatoms. The lowest BCUT2D eigenvalue weighted by atomic mass is 9.68. The van der Waals surface area contributed by atoms with Crippen molar-refractivity contribution in [1.29, 1.82) is 0 Å². The third-order valence-electron chi connectivity index (χ3n) is 7.17. The Kier molecular flexibility index (Phi) is 7.91. The Bertz CT molecular complexity index is 590. The smallest absolute Gasteiger partial charge is 0.166 e. The van der Waals surface area contributed by atoms with Gasteiger partial charge in [0.1, 0.15) is 0 Å². The Balaban J connectivity index is 1.35. The number of allylic oxidation sites excluding steroid dienone is 1. The molecule has 0 spiro atoms. The number of halogens is 2. The largest absolute Gasteiger partial charge is 0.204 e. The van der Waals surface area contributed by atoms with Crippen LogP contribution < -0.4 is 0 Å². The van der Waals surface area contributed by atoms with Gasteiger partial charge in [0.25, 0.3) is 0 Å². The molecule has 2 aliphatic rings. The molecule has 0 aliphatic heterocycles. The Morgan fingerprint density at radius 1 is 0.852 bits per heavy atom. The summed E-state index contributed by atoms with van der Waals surface area (Å²) < 4.78 is 26.9. The lowest BCUT2D eigenvalue weighted by Crippen LogP contribution is -2.25. The van der Waals surface area contributed by atoms with E-state index in [0.717, 1.165) is 30.1 Å². The Morgan fingerprint density at radius 2 is 1.44 bits per heavy atom. The quantitative estimate of drug-likeness (QED) is 0.451. The third-order valence-corrected chi connectivity index (χ3v) is 7.17. The van der Waals surface area contributed by atoms with Crippen molar-refractivity contribution >= 4 is 6.08 Å². The molecular weight excluding hydrogens is 338 g/mol. The molecule has 3 rings (SSSR count). The van der Waals surface area contributed by atoms with E-state index in [9.17, 15) is 8.78 Å². The van der Waals surface area contributed by atoms with Crippen molar-refractivity contribution in [3.63, 3.8) is 0 Å². The van der Waals surface area contributed by atoms with Crippen LogP contribution in [0.5, 0.6) is 0 Å². The molecule has 0 nitrogen and oxygen atoms in total. The number of hydrogen-bond donors (Lipinski definition) is 0. The average molecular weight is 375 g/mol. The maximum Gasteiger partial charge on any atom is 0.166 e. The highest BCUT2D eigenvalue weighted by atomic mass is 19.2. The molecule has 0 N–H and O–H groups in total. The summed E-state index contributed by atoms with van der Waals surface area (Å²) in [5.74, 6) is 2.30. The first-order valence-corrected chi connectivity index (χ1v) is 11.3. The van der Waals surface area contributed by atoms with Gasteiger partial charge in [0, 0.05) is 5.56 Å². The molecule has 0 aromatic heterocycles. The van der Waals surface area contributed by atoms with Crippen LogP contribution in [0.25, 0.3) is 6.08 Å². The van der Waals surface area contributed by atoms with Crippen LogP contribution >= 0.6 is 0 Å². The monoisotopic (exact) mass is 374 g/mol. The fraction of sp³-hybridized carbons (Fsp3) is 0.680. The predicted molar refractivity (Wildman–Crippen MR) is 110 cm³/mol. The normalized spacial score (nSPS) is 29.3. The van der Waals surface area contributed by atoms with E-state index in [1.807, 2.05) is 6.08 Å². The zero-order valence-corrected chi connectivity index (χ0v) is 16.9. The van der Waals surface area contributed by atoms with Crippen molar-refractivity contribution in [2.24, 2.45) is 23.7 Å². The van der Waals surface area contributed by atoms with E-state index >= 15 is 0 Å². The van der Waals surface area contributed by atoms with Crippen molar-refractivity contribution in [1.82, 2.24) is 0 Å². The van der Waals surface area contributed by atoms with Crippen LogP contribution in [0.4, 0.5) is 8.78 Å². The minimum absolute atomic E-state index is 0.359. The van der Waals surface area contributed by atoms with Crippen molar-refractivity contribution in [2.75, 3.05) is 0 Å². The van der Waals surface area contributed by atoms with Gasteiger partial charge >= 0.3 is 0 Å². The highest BCUT2D eigenvalue weighted by molar-refractivity contribution is 5.49. The van der Waals surface area contributed by atoms with E-state index in [4.69, 9.17) is 0 Å². The highest BCUT2D eigenvalue weighted by Gasteiger charge is 2.30. The summed E-state index contributed by atoms with van der Waals surface area (Å²) in [5, 5.41) is 0. The first kappa shape index (κ1) is 20.6. The van der Waals surface area contributed by atoms with Crippen LogP contribution in [0, 0.1) is 35.3 Å². The summed E-state index contributed by atoms with van der Waals surface area (Å²) in [7, 11) is 0. The number of benzene rings is 1. The molecule has 0 radical (unpaired) electrons. The molecule has 2 fully saturated rings. The van der Waals surface area contributed by atoms with E-state index in [-0.39, 0.29) is 0 Å². The second-order valence-electron chi connectivity index (χ2n) is 8.97. The van der Waals surface area contributed by atoms with Gasteiger partial charge < -0.3 is 0 Å². The Labute approximate surface area is 164 Å². The Hall–Kier alpha value is -1.18. The maximum absolute atomic E-state index is 13.6. The second kappa shape index (κ2) is 10.4. The van der Waals surface area contributed by atoms with Gasteiger partial charge in [-0.1, -0.05) is 69.7 Å². The van der Waals surface area contributed by atoms with Gasteiger partial charge in [-0.2, -0.15) is 0 Å². The molecule has 0 saturated heterocycles. The van der Waals surface area contributed by atoms with Gasteiger partial charge in [-0.15, -0.1) is 0 Å². The van der Waals surface area contributed by atoms with Crippen molar-refractivity contribution in [2.45, 2.75) is 84.0 Å². The van der Waals surface area contributed by atoms with Gasteiger partial charge in [0.15, 0.2) is 11.6 Å². The van der Waals surface area contributed by atoms with Crippen LogP contribution in [0.2, 0.25) is 0 Å². The molecule has 1 aromatic carbocycles. The van der Waals surface area contributed by atoms with Gasteiger partial charge in [-0.05, 0) is 68.3 Å². The summed E-state index contributed by atoms with van der Waals surface area (Å²) in [4.78, 5) is 0. The molecule has 150 valence electrons. The van der Waals surface area contributed by atoms with Crippen LogP contribution in [0.3, 0.4) is 0 Å². The summed E-state index contributed by atoms with van der Waals surface area (Å²) >= 11 is 0. The molecule has 0 atom stereocenters. The summed E-state index contributed by atoms with van der Waals surface area (Å²) in [6.45, 7) is 2.32. The lowest BCUT2D eigenvalue weighted by Gasteiger charge is -2.38. The average Bonchev–Trinajstić information content (AvgIpc) is 2.70. The van der Waals surface area contributed by atoms with E-state index in [0.29, 0.717) is 5.56 Å². The second-order valence-corrected chi connectivity index (χ2v) is 8.97. The first-order chi connectivity index (χ1) is 13.2. The van der Waals surface area contributed by atoms with Gasteiger partial charge in [0.2, 0.25) is 0 Å². The summed E-state index contributed by atoms with van der Waals surface area (Å²) in [5.41, 5.74) is 0.359. The standard InChI is InChI=1S/C25H36F2/c1-2-6-19-11-15-21(16-12-19)22-17-13-20(14-18-22)7-3-4-8-23-9-5-10-24(26)25(23)27/h4-5,8-10,19-22H,2-3,6-7,11-18H2,1H3/b8-4+. The van der Waals surface area contributed by atoms with Crippen molar-refractivity contribution < 1.29 is 8.78 Å². The van der Waals surface area contributed by atoms with Gasteiger partial charge in [-0.25, -0.2) is 8.78 Å². The lowest BCUT2D eigenvalue weighted by molar-refractivity contribution is 0.141. The predicted octanol–water partition coefficient (Wildman–Crippen LogP) is 8.17. The molecule has 0 amide bonds. The van der Waals surface area contributed by atoms with Gasteiger partial charge in [-0.3, -0.25) is 0 Å². The number of hydrogen-bond acceptors (Lipinski definition) is 0. The first-order valence-electron chi connectivity index (χ1n) is 11.3. The molecule has 1 aromatic rings. The molecule has 2 saturated carbocycles. The van der Waals surface area contributed by atoms with Crippen LogP contribution in [0.1, 0.15) is 89.5 Å².